The Hall–Kier alpha value is -0.300. The minimum absolute atomic E-state index is 0.506. The Balaban J connectivity index is 1.60. The van der Waals surface area contributed by atoms with Gasteiger partial charge in [-0.3, -0.25) is 0 Å². The molecule has 6 aliphatic carbocycles. The zero-order chi connectivity index (χ0) is 11.8. The van der Waals surface area contributed by atoms with E-state index >= 15 is 0 Å². The predicted molar refractivity (Wildman–Crippen MR) is 70.5 cm³/mol. The molecule has 1 nitrogen and oxygen atoms in total. The van der Waals surface area contributed by atoms with Gasteiger partial charge < -0.3 is 5.73 Å². The molecule has 6 rings (SSSR count). The quantitative estimate of drug-likeness (QED) is 0.648. The fourth-order valence-corrected chi connectivity index (χ4v) is 7.58. The molecule has 0 aliphatic heterocycles. The van der Waals surface area contributed by atoms with E-state index in [1.807, 2.05) is 0 Å². The number of allylic oxidation sites excluding steroid dienone is 1. The Bertz CT molecular complexity index is 480. The molecule has 0 heterocycles. The van der Waals surface area contributed by atoms with Crippen LogP contribution in [0.5, 0.6) is 0 Å². The van der Waals surface area contributed by atoms with Crippen LogP contribution in [0.25, 0.3) is 0 Å². The second-order valence-electron chi connectivity index (χ2n) is 8.37. The molecule has 11 unspecified atom stereocenters. The highest BCUT2D eigenvalue weighted by atomic mass is 14.8. The summed E-state index contributed by atoms with van der Waals surface area (Å²) in [6.07, 6.45) is 7.17. The minimum atomic E-state index is 0.506. The van der Waals surface area contributed by atoms with Crippen molar-refractivity contribution in [1.29, 1.82) is 0 Å². The standard InChI is InChI=1S/C17H23N/c1-6-4-11-15-13-8-3-2-7(17(11)18)9-5-10(9)12(6)16(15)14(8)13/h4,7-17H,2-3,5,18H2,1H3. The van der Waals surface area contributed by atoms with Gasteiger partial charge in [0.1, 0.15) is 0 Å². The normalized spacial score (nSPS) is 73.2. The lowest BCUT2D eigenvalue weighted by molar-refractivity contribution is 0.00423. The van der Waals surface area contributed by atoms with Crippen LogP contribution in [-0.4, -0.2) is 6.04 Å². The molecule has 0 aromatic heterocycles. The number of rotatable bonds is 0. The average molecular weight is 241 g/mol. The number of nitrogens with two attached hydrogens (primary N) is 1. The van der Waals surface area contributed by atoms with Crippen molar-refractivity contribution < 1.29 is 0 Å². The lowest BCUT2D eigenvalue weighted by Gasteiger charge is -2.53. The van der Waals surface area contributed by atoms with E-state index in [1.54, 1.807) is 5.57 Å². The molecular weight excluding hydrogens is 218 g/mol. The summed E-state index contributed by atoms with van der Waals surface area (Å²) in [5.41, 5.74) is 8.51. The molecule has 0 saturated heterocycles. The fourth-order valence-electron chi connectivity index (χ4n) is 7.58. The molecule has 96 valence electrons. The molecule has 0 amide bonds. The van der Waals surface area contributed by atoms with E-state index < -0.39 is 0 Å². The van der Waals surface area contributed by atoms with E-state index in [4.69, 9.17) is 5.73 Å². The van der Waals surface area contributed by atoms with Crippen LogP contribution in [0.15, 0.2) is 11.6 Å². The lowest BCUT2D eigenvalue weighted by atomic mass is 9.52. The minimum Gasteiger partial charge on any atom is -0.327 e. The summed E-state index contributed by atoms with van der Waals surface area (Å²) in [5.74, 6) is 10.2. The van der Waals surface area contributed by atoms with Gasteiger partial charge in [-0.15, -0.1) is 0 Å². The molecule has 4 saturated carbocycles. The summed E-state index contributed by atoms with van der Waals surface area (Å²) in [7, 11) is 0. The van der Waals surface area contributed by atoms with E-state index in [9.17, 15) is 0 Å². The van der Waals surface area contributed by atoms with E-state index in [0.29, 0.717) is 6.04 Å². The fraction of sp³-hybridized carbons (Fsp3) is 0.882. The van der Waals surface area contributed by atoms with Crippen molar-refractivity contribution in [2.24, 2.45) is 64.9 Å². The van der Waals surface area contributed by atoms with E-state index in [2.05, 4.69) is 13.0 Å². The highest BCUT2D eigenvalue weighted by molar-refractivity contribution is 5.33. The zero-order valence-corrected chi connectivity index (χ0v) is 11.1. The molecule has 2 N–H and O–H groups in total. The summed E-state index contributed by atoms with van der Waals surface area (Å²) >= 11 is 0. The number of hydrogen-bond donors (Lipinski definition) is 1. The molecule has 0 aromatic carbocycles. The van der Waals surface area contributed by atoms with Crippen LogP contribution < -0.4 is 5.73 Å². The van der Waals surface area contributed by atoms with Gasteiger partial charge in [0.15, 0.2) is 0 Å². The second-order valence-corrected chi connectivity index (χ2v) is 8.37. The Morgan fingerprint density at radius 2 is 1.72 bits per heavy atom. The first-order valence-corrected chi connectivity index (χ1v) is 8.21. The third-order valence-electron chi connectivity index (χ3n) is 8.14. The summed E-state index contributed by atoms with van der Waals surface area (Å²) in [5, 5.41) is 0. The topological polar surface area (TPSA) is 26.0 Å². The van der Waals surface area contributed by atoms with Crippen LogP contribution in [0.2, 0.25) is 0 Å². The third kappa shape index (κ3) is 0.810. The third-order valence-corrected chi connectivity index (χ3v) is 8.14. The maximum absolute atomic E-state index is 6.76. The Kier molecular flexibility index (Phi) is 1.39. The molecule has 11 atom stereocenters. The van der Waals surface area contributed by atoms with Crippen LogP contribution in [-0.2, 0) is 0 Å². The molecule has 0 aromatic rings. The Labute approximate surface area is 109 Å². The first-order valence-electron chi connectivity index (χ1n) is 8.21. The zero-order valence-electron chi connectivity index (χ0n) is 11.1. The van der Waals surface area contributed by atoms with Crippen LogP contribution in [0.1, 0.15) is 26.2 Å². The van der Waals surface area contributed by atoms with Gasteiger partial charge in [0.2, 0.25) is 0 Å². The largest absolute Gasteiger partial charge is 0.327 e. The smallest absolute Gasteiger partial charge is 0.0136 e. The predicted octanol–water partition coefficient (Wildman–Crippen LogP) is 2.67. The van der Waals surface area contributed by atoms with Gasteiger partial charge >= 0.3 is 0 Å². The first-order chi connectivity index (χ1) is 8.77. The van der Waals surface area contributed by atoms with Crippen molar-refractivity contribution in [1.82, 2.24) is 0 Å². The average Bonchev–Trinajstić information content (AvgIpc) is 3.19. The lowest BCUT2D eigenvalue weighted by Crippen LogP contribution is -2.54. The van der Waals surface area contributed by atoms with Crippen molar-refractivity contribution >= 4 is 0 Å². The highest BCUT2D eigenvalue weighted by Gasteiger charge is 2.76. The molecule has 0 radical (unpaired) electrons. The van der Waals surface area contributed by atoms with Gasteiger partial charge in [-0.2, -0.15) is 0 Å². The SMILES string of the molecule is CC1=CC2C(N)C3CCC4C5C2C(C1C1CC31)C45. The molecule has 3 bridgehead atoms. The Morgan fingerprint density at radius 3 is 2.61 bits per heavy atom. The van der Waals surface area contributed by atoms with Gasteiger partial charge in [-0.05, 0) is 85.4 Å². The molecule has 1 heteroatoms. The summed E-state index contributed by atoms with van der Waals surface area (Å²) in [6.45, 7) is 2.43. The van der Waals surface area contributed by atoms with Crippen LogP contribution in [0, 0.1) is 59.2 Å². The first kappa shape index (κ1) is 9.58. The molecule has 6 aliphatic rings. The summed E-state index contributed by atoms with van der Waals surface area (Å²) < 4.78 is 0. The van der Waals surface area contributed by atoms with Gasteiger partial charge in [-0.25, -0.2) is 0 Å². The van der Waals surface area contributed by atoms with Gasteiger partial charge in [0.05, 0.1) is 0 Å². The second kappa shape index (κ2) is 2.61. The van der Waals surface area contributed by atoms with E-state index in [1.165, 1.54) is 19.3 Å². The van der Waals surface area contributed by atoms with Gasteiger partial charge in [-0.1, -0.05) is 11.6 Å². The Morgan fingerprint density at radius 1 is 0.944 bits per heavy atom. The van der Waals surface area contributed by atoms with Crippen molar-refractivity contribution in [3.05, 3.63) is 11.6 Å². The van der Waals surface area contributed by atoms with Crippen molar-refractivity contribution in [3.8, 4) is 0 Å². The van der Waals surface area contributed by atoms with Crippen molar-refractivity contribution in [2.45, 2.75) is 32.2 Å². The number of fused-ring (bicyclic) bond motifs is 8. The molecule has 4 fully saturated rings. The maximum atomic E-state index is 6.76. The highest BCUT2D eigenvalue weighted by Crippen LogP contribution is 2.80. The number of hydrogen-bond acceptors (Lipinski definition) is 1. The monoisotopic (exact) mass is 241 g/mol. The van der Waals surface area contributed by atoms with Crippen LogP contribution in [0.4, 0.5) is 0 Å². The van der Waals surface area contributed by atoms with Crippen molar-refractivity contribution in [3.63, 3.8) is 0 Å². The summed E-state index contributed by atoms with van der Waals surface area (Å²) in [4.78, 5) is 0. The maximum Gasteiger partial charge on any atom is 0.0136 e. The van der Waals surface area contributed by atoms with E-state index in [-0.39, 0.29) is 0 Å². The van der Waals surface area contributed by atoms with Gasteiger partial charge in [0.25, 0.3) is 0 Å². The molecule has 18 heavy (non-hydrogen) atoms. The van der Waals surface area contributed by atoms with Crippen molar-refractivity contribution in [2.75, 3.05) is 0 Å². The molecular formula is C17H23N. The van der Waals surface area contributed by atoms with Gasteiger partial charge in [0, 0.05) is 6.04 Å². The molecule has 0 spiro atoms. The van der Waals surface area contributed by atoms with E-state index in [0.717, 1.165) is 59.2 Å². The summed E-state index contributed by atoms with van der Waals surface area (Å²) in [6, 6.07) is 0.506. The van der Waals surface area contributed by atoms with Crippen LogP contribution in [0.3, 0.4) is 0 Å². The van der Waals surface area contributed by atoms with Crippen LogP contribution >= 0.6 is 0 Å².